The van der Waals surface area contributed by atoms with E-state index in [0.717, 1.165) is 22.9 Å². The second-order valence-corrected chi connectivity index (χ2v) is 5.63. The van der Waals surface area contributed by atoms with E-state index < -0.39 is 0 Å². The van der Waals surface area contributed by atoms with Crippen molar-refractivity contribution >= 4 is 26.7 Å². The number of hydrogen-bond donors (Lipinski definition) is 1. The normalized spacial score (nSPS) is 10.8. The Bertz CT molecular complexity index is 701. The molecule has 19 heavy (non-hydrogen) atoms. The summed E-state index contributed by atoms with van der Waals surface area (Å²) in [5.41, 5.74) is 4.52. The summed E-state index contributed by atoms with van der Waals surface area (Å²) in [4.78, 5) is 8.92. The molecule has 3 rings (SSSR count). The molecular formula is C15H15N3S. The zero-order valence-electron chi connectivity index (χ0n) is 11.0. The van der Waals surface area contributed by atoms with Gasteiger partial charge in [0.1, 0.15) is 0 Å². The van der Waals surface area contributed by atoms with Crippen molar-refractivity contribution in [2.45, 2.75) is 20.4 Å². The molecule has 0 radical (unpaired) electrons. The van der Waals surface area contributed by atoms with Gasteiger partial charge in [0.25, 0.3) is 0 Å². The van der Waals surface area contributed by atoms with Crippen LogP contribution in [0.5, 0.6) is 0 Å². The molecule has 0 saturated heterocycles. The Hall–Kier alpha value is -1.94. The Kier molecular flexibility index (Phi) is 3.17. The topological polar surface area (TPSA) is 37.8 Å². The fourth-order valence-electron chi connectivity index (χ4n) is 1.94. The van der Waals surface area contributed by atoms with Crippen molar-refractivity contribution in [2.24, 2.45) is 0 Å². The molecule has 96 valence electrons. The molecule has 0 atom stereocenters. The molecule has 0 saturated carbocycles. The van der Waals surface area contributed by atoms with Gasteiger partial charge in [-0.05, 0) is 37.1 Å². The maximum atomic E-state index is 4.63. The lowest BCUT2D eigenvalue weighted by atomic mass is 10.2. The summed E-state index contributed by atoms with van der Waals surface area (Å²) in [6, 6.07) is 10.4. The van der Waals surface area contributed by atoms with Crippen LogP contribution >= 0.6 is 11.3 Å². The Labute approximate surface area is 116 Å². The van der Waals surface area contributed by atoms with Crippen molar-refractivity contribution in [3.63, 3.8) is 0 Å². The van der Waals surface area contributed by atoms with Gasteiger partial charge in [0.15, 0.2) is 5.13 Å². The predicted molar refractivity (Wildman–Crippen MR) is 80.7 cm³/mol. The maximum absolute atomic E-state index is 4.63. The second kappa shape index (κ2) is 4.97. The Morgan fingerprint density at radius 2 is 2.05 bits per heavy atom. The van der Waals surface area contributed by atoms with E-state index in [1.54, 1.807) is 11.3 Å². The molecule has 3 nitrogen and oxygen atoms in total. The first-order valence-corrected chi connectivity index (χ1v) is 7.05. The highest BCUT2D eigenvalue weighted by molar-refractivity contribution is 7.22. The average Bonchev–Trinajstić information content (AvgIpc) is 2.83. The number of pyridine rings is 1. The van der Waals surface area contributed by atoms with E-state index >= 15 is 0 Å². The van der Waals surface area contributed by atoms with Crippen LogP contribution < -0.4 is 5.32 Å². The minimum Gasteiger partial charge on any atom is -0.357 e. The lowest BCUT2D eigenvalue weighted by Crippen LogP contribution is -1.99. The molecular weight excluding hydrogens is 254 g/mol. The Morgan fingerprint density at radius 1 is 1.16 bits per heavy atom. The molecule has 0 aliphatic heterocycles. The molecule has 1 aromatic carbocycles. The van der Waals surface area contributed by atoms with Gasteiger partial charge >= 0.3 is 0 Å². The van der Waals surface area contributed by atoms with Crippen LogP contribution in [0.15, 0.2) is 36.5 Å². The molecule has 0 aliphatic carbocycles. The molecule has 0 fully saturated rings. The van der Waals surface area contributed by atoms with Crippen molar-refractivity contribution in [2.75, 3.05) is 5.32 Å². The molecule has 2 aromatic heterocycles. The van der Waals surface area contributed by atoms with Crippen LogP contribution in [0.4, 0.5) is 5.13 Å². The first-order valence-electron chi connectivity index (χ1n) is 6.24. The maximum Gasteiger partial charge on any atom is 0.184 e. The highest BCUT2D eigenvalue weighted by Crippen LogP contribution is 2.28. The summed E-state index contributed by atoms with van der Waals surface area (Å²) in [5, 5.41) is 4.33. The molecule has 0 spiro atoms. The molecule has 2 heterocycles. The zero-order valence-corrected chi connectivity index (χ0v) is 11.8. The minimum absolute atomic E-state index is 0.756. The summed E-state index contributed by atoms with van der Waals surface area (Å²) in [7, 11) is 0. The van der Waals surface area contributed by atoms with Crippen molar-refractivity contribution in [3.05, 3.63) is 53.3 Å². The summed E-state index contributed by atoms with van der Waals surface area (Å²) >= 11 is 1.69. The largest absolute Gasteiger partial charge is 0.357 e. The average molecular weight is 269 g/mol. The number of fused-ring (bicyclic) bond motifs is 1. The number of aromatic nitrogens is 2. The minimum atomic E-state index is 0.756. The first-order chi connectivity index (χ1) is 9.22. The molecule has 3 aromatic rings. The van der Waals surface area contributed by atoms with Gasteiger partial charge in [0, 0.05) is 18.4 Å². The van der Waals surface area contributed by atoms with Crippen LogP contribution in [0, 0.1) is 13.8 Å². The number of nitrogens with one attached hydrogen (secondary N) is 1. The summed E-state index contributed by atoms with van der Waals surface area (Å²) in [6.45, 7) is 4.84. The van der Waals surface area contributed by atoms with Crippen LogP contribution in [0.1, 0.15) is 16.8 Å². The van der Waals surface area contributed by atoms with Crippen molar-refractivity contribution in [1.82, 2.24) is 9.97 Å². The fourth-order valence-corrected chi connectivity index (χ4v) is 2.88. The quantitative estimate of drug-likeness (QED) is 0.783. The van der Waals surface area contributed by atoms with E-state index in [4.69, 9.17) is 0 Å². The smallest absolute Gasteiger partial charge is 0.184 e. The van der Waals surface area contributed by atoms with Crippen LogP contribution in [-0.2, 0) is 6.54 Å². The van der Waals surface area contributed by atoms with E-state index in [1.165, 1.54) is 15.8 Å². The first kappa shape index (κ1) is 12.1. The van der Waals surface area contributed by atoms with Gasteiger partial charge in [-0.1, -0.05) is 29.5 Å². The van der Waals surface area contributed by atoms with Gasteiger partial charge in [0.2, 0.25) is 0 Å². The number of nitrogens with zero attached hydrogens (tertiary/aromatic N) is 2. The number of thiazole rings is 1. The van der Waals surface area contributed by atoms with E-state index in [1.807, 2.05) is 19.2 Å². The summed E-state index contributed by atoms with van der Waals surface area (Å²) < 4.78 is 1.23. The Balaban J connectivity index is 1.78. The third-order valence-electron chi connectivity index (χ3n) is 3.04. The standard InChI is InChI=1S/C15H15N3S/c1-10-4-3-5-13-14(10)18-15(19-13)17-9-12-7-6-11(2)16-8-12/h3-8H,9H2,1-2H3,(H,17,18). The predicted octanol–water partition coefficient (Wildman–Crippen LogP) is 3.92. The number of anilines is 1. The van der Waals surface area contributed by atoms with Crippen molar-refractivity contribution in [1.29, 1.82) is 0 Å². The second-order valence-electron chi connectivity index (χ2n) is 4.60. The van der Waals surface area contributed by atoms with Gasteiger partial charge in [-0.25, -0.2) is 4.98 Å². The highest BCUT2D eigenvalue weighted by Gasteiger charge is 2.05. The van der Waals surface area contributed by atoms with E-state index in [9.17, 15) is 0 Å². The molecule has 1 N–H and O–H groups in total. The molecule has 4 heteroatoms. The lowest BCUT2D eigenvalue weighted by Gasteiger charge is -2.02. The number of rotatable bonds is 3. The lowest BCUT2D eigenvalue weighted by molar-refractivity contribution is 1.08. The number of benzene rings is 1. The van der Waals surface area contributed by atoms with Crippen LogP contribution in [0.3, 0.4) is 0 Å². The SMILES string of the molecule is Cc1ccc(CNc2nc3c(C)cccc3s2)cn1. The third kappa shape index (κ3) is 2.58. The summed E-state index contributed by atoms with van der Waals surface area (Å²) in [5.74, 6) is 0. The van der Waals surface area contributed by atoms with Gasteiger partial charge < -0.3 is 5.32 Å². The van der Waals surface area contributed by atoms with Gasteiger partial charge in [0.05, 0.1) is 10.2 Å². The van der Waals surface area contributed by atoms with Crippen molar-refractivity contribution in [3.8, 4) is 0 Å². The van der Waals surface area contributed by atoms with Crippen LogP contribution in [0.2, 0.25) is 0 Å². The molecule has 0 bridgehead atoms. The Morgan fingerprint density at radius 3 is 2.79 bits per heavy atom. The molecule has 0 unspecified atom stereocenters. The van der Waals surface area contributed by atoms with Crippen LogP contribution in [-0.4, -0.2) is 9.97 Å². The highest BCUT2D eigenvalue weighted by atomic mass is 32.1. The number of para-hydroxylation sites is 1. The number of aryl methyl sites for hydroxylation is 2. The van der Waals surface area contributed by atoms with Gasteiger partial charge in [-0.2, -0.15) is 0 Å². The molecule has 0 aliphatic rings. The zero-order chi connectivity index (χ0) is 13.2. The van der Waals surface area contributed by atoms with E-state index in [0.29, 0.717) is 0 Å². The molecule has 0 amide bonds. The van der Waals surface area contributed by atoms with E-state index in [2.05, 4.69) is 46.5 Å². The monoisotopic (exact) mass is 269 g/mol. The van der Waals surface area contributed by atoms with Crippen molar-refractivity contribution < 1.29 is 0 Å². The van der Waals surface area contributed by atoms with Gasteiger partial charge in [-0.15, -0.1) is 0 Å². The number of hydrogen-bond acceptors (Lipinski definition) is 4. The third-order valence-corrected chi connectivity index (χ3v) is 4.02. The summed E-state index contributed by atoms with van der Waals surface area (Å²) in [6.07, 6.45) is 1.90. The fraction of sp³-hybridized carbons (Fsp3) is 0.200. The van der Waals surface area contributed by atoms with Gasteiger partial charge in [-0.3, -0.25) is 4.98 Å². The van der Waals surface area contributed by atoms with E-state index in [-0.39, 0.29) is 0 Å². The van der Waals surface area contributed by atoms with Crippen LogP contribution in [0.25, 0.3) is 10.2 Å².